The van der Waals surface area contributed by atoms with Crippen molar-refractivity contribution in [2.75, 3.05) is 37.6 Å². The summed E-state index contributed by atoms with van der Waals surface area (Å²) < 4.78 is 14.1. The summed E-state index contributed by atoms with van der Waals surface area (Å²) in [6.45, 7) is 8.05. The lowest BCUT2D eigenvalue weighted by molar-refractivity contribution is -0.128. The van der Waals surface area contributed by atoms with E-state index in [1.807, 2.05) is 17.9 Å². The minimum atomic E-state index is -0.166. The summed E-state index contributed by atoms with van der Waals surface area (Å²) in [6.07, 6.45) is 0.913. The molecule has 1 aromatic rings. The SMILES string of the molecule is CCNCc1c(F)cccc1N1CCCN(C(C)=O)CC1. The van der Waals surface area contributed by atoms with E-state index in [0.717, 1.165) is 43.9 Å². The number of halogens is 1. The van der Waals surface area contributed by atoms with Gasteiger partial charge in [0, 0.05) is 50.9 Å². The van der Waals surface area contributed by atoms with Gasteiger partial charge in [0.25, 0.3) is 0 Å². The quantitative estimate of drug-likeness (QED) is 0.922. The Morgan fingerprint density at radius 2 is 2.10 bits per heavy atom. The number of benzene rings is 1. The fourth-order valence-electron chi connectivity index (χ4n) is 2.74. The average Bonchev–Trinajstić information content (AvgIpc) is 2.71. The van der Waals surface area contributed by atoms with Gasteiger partial charge in [0.15, 0.2) is 0 Å². The molecule has 0 bridgehead atoms. The summed E-state index contributed by atoms with van der Waals surface area (Å²) in [7, 11) is 0. The maximum absolute atomic E-state index is 14.1. The maximum atomic E-state index is 14.1. The van der Waals surface area contributed by atoms with Gasteiger partial charge in [-0.05, 0) is 25.1 Å². The van der Waals surface area contributed by atoms with Crippen molar-refractivity contribution in [2.24, 2.45) is 0 Å². The number of carbonyl (C=O) groups excluding carboxylic acids is 1. The lowest BCUT2D eigenvalue weighted by Crippen LogP contribution is -2.34. The van der Waals surface area contributed by atoms with Crippen LogP contribution < -0.4 is 10.2 Å². The summed E-state index contributed by atoms with van der Waals surface area (Å²) in [6, 6.07) is 5.24. The van der Waals surface area contributed by atoms with Gasteiger partial charge in [-0.2, -0.15) is 0 Å². The molecule has 21 heavy (non-hydrogen) atoms. The highest BCUT2D eigenvalue weighted by molar-refractivity contribution is 5.73. The van der Waals surface area contributed by atoms with Crippen molar-refractivity contribution >= 4 is 11.6 Å². The molecule has 2 rings (SSSR count). The summed E-state index contributed by atoms with van der Waals surface area (Å²) >= 11 is 0. The van der Waals surface area contributed by atoms with Crippen LogP contribution >= 0.6 is 0 Å². The lowest BCUT2D eigenvalue weighted by Gasteiger charge is -2.26. The molecule has 5 heteroatoms. The molecule has 116 valence electrons. The van der Waals surface area contributed by atoms with E-state index in [9.17, 15) is 9.18 Å². The van der Waals surface area contributed by atoms with Crippen LogP contribution in [0, 0.1) is 5.82 Å². The third kappa shape index (κ3) is 3.94. The van der Waals surface area contributed by atoms with Crippen LogP contribution in [0.5, 0.6) is 0 Å². The van der Waals surface area contributed by atoms with Crippen molar-refractivity contribution in [2.45, 2.75) is 26.8 Å². The predicted molar refractivity (Wildman–Crippen MR) is 82.9 cm³/mol. The standard InChI is InChI=1S/C16H24FN3O/c1-3-18-12-14-15(17)6-4-7-16(14)20-9-5-8-19(10-11-20)13(2)21/h4,6-7,18H,3,5,8-12H2,1-2H3. The number of nitrogens with one attached hydrogen (secondary N) is 1. The Labute approximate surface area is 125 Å². The molecule has 1 saturated heterocycles. The summed E-state index contributed by atoms with van der Waals surface area (Å²) in [4.78, 5) is 15.6. The van der Waals surface area contributed by atoms with Gasteiger partial charge in [-0.15, -0.1) is 0 Å². The van der Waals surface area contributed by atoms with E-state index in [4.69, 9.17) is 0 Å². The van der Waals surface area contributed by atoms with Crippen molar-refractivity contribution in [3.8, 4) is 0 Å². The van der Waals surface area contributed by atoms with E-state index in [2.05, 4.69) is 10.2 Å². The fraction of sp³-hybridized carbons (Fsp3) is 0.562. The normalized spacial score (nSPS) is 16.0. The van der Waals surface area contributed by atoms with Crippen LogP contribution in [0.15, 0.2) is 18.2 Å². The largest absolute Gasteiger partial charge is 0.369 e. The molecular weight excluding hydrogens is 269 g/mol. The first-order chi connectivity index (χ1) is 10.1. The van der Waals surface area contributed by atoms with Gasteiger partial charge in [0.1, 0.15) is 5.82 Å². The lowest BCUT2D eigenvalue weighted by atomic mass is 10.1. The molecule has 1 fully saturated rings. The molecule has 1 aliphatic heterocycles. The highest BCUT2D eigenvalue weighted by Crippen LogP contribution is 2.24. The fourth-order valence-corrected chi connectivity index (χ4v) is 2.74. The zero-order valence-corrected chi connectivity index (χ0v) is 12.9. The Kier molecular flexibility index (Phi) is 5.56. The molecule has 4 nitrogen and oxygen atoms in total. The Morgan fingerprint density at radius 1 is 1.29 bits per heavy atom. The van der Waals surface area contributed by atoms with Crippen molar-refractivity contribution in [3.05, 3.63) is 29.6 Å². The van der Waals surface area contributed by atoms with Crippen molar-refractivity contribution in [3.63, 3.8) is 0 Å². The number of carbonyl (C=O) groups is 1. The second-order valence-electron chi connectivity index (χ2n) is 5.36. The minimum absolute atomic E-state index is 0.115. The number of hydrogen-bond donors (Lipinski definition) is 1. The number of amides is 1. The van der Waals surface area contributed by atoms with Gasteiger partial charge in [0.05, 0.1) is 0 Å². The molecule has 0 aliphatic carbocycles. The molecule has 0 unspecified atom stereocenters. The minimum Gasteiger partial charge on any atom is -0.369 e. The molecular formula is C16H24FN3O. The number of anilines is 1. The topological polar surface area (TPSA) is 35.6 Å². The van der Waals surface area contributed by atoms with Crippen molar-refractivity contribution in [1.29, 1.82) is 0 Å². The van der Waals surface area contributed by atoms with E-state index in [1.165, 1.54) is 6.07 Å². The first-order valence-corrected chi connectivity index (χ1v) is 7.62. The van der Waals surface area contributed by atoms with Gasteiger partial charge < -0.3 is 15.1 Å². The highest BCUT2D eigenvalue weighted by Gasteiger charge is 2.19. The Bertz CT molecular complexity index is 492. The maximum Gasteiger partial charge on any atom is 0.219 e. The van der Waals surface area contributed by atoms with Crippen molar-refractivity contribution in [1.82, 2.24) is 10.2 Å². The molecule has 1 aromatic carbocycles. The summed E-state index contributed by atoms with van der Waals surface area (Å²) in [5.41, 5.74) is 1.66. The van der Waals surface area contributed by atoms with Gasteiger partial charge >= 0.3 is 0 Å². The molecule has 0 radical (unpaired) electrons. The molecule has 1 amide bonds. The Hall–Kier alpha value is -1.62. The monoisotopic (exact) mass is 293 g/mol. The first-order valence-electron chi connectivity index (χ1n) is 7.62. The van der Waals surface area contributed by atoms with E-state index in [1.54, 1.807) is 13.0 Å². The van der Waals surface area contributed by atoms with Crippen LogP contribution in [0.2, 0.25) is 0 Å². The van der Waals surface area contributed by atoms with Crippen LogP contribution in [0.1, 0.15) is 25.8 Å². The molecule has 0 saturated carbocycles. The van der Waals surface area contributed by atoms with Gasteiger partial charge in [0.2, 0.25) is 5.91 Å². The molecule has 1 aliphatic rings. The van der Waals surface area contributed by atoms with Gasteiger partial charge in [-0.1, -0.05) is 13.0 Å². The number of nitrogens with zero attached hydrogens (tertiary/aromatic N) is 2. The predicted octanol–water partition coefficient (Wildman–Crippen LogP) is 1.99. The van der Waals surface area contributed by atoms with Gasteiger partial charge in [-0.25, -0.2) is 4.39 Å². The first kappa shape index (κ1) is 15.8. The third-order valence-electron chi connectivity index (χ3n) is 3.93. The van der Waals surface area contributed by atoms with E-state index in [-0.39, 0.29) is 11.7 Å². The van der Waals surface area contributed by atoms with E-state index >= 15 is 0 Å². The van der Waals surface area contributed by atoms with E-state index < -0.39 is 0 Å². The Balaban J connectivity index is 2.17. The smallest absolute Gasteiger partial charge is 0.219 e. The number of hydrogen-bond acceptors (Lipinski definition) is 3. The molecule has 1 heterocycles. The average molecular weight is 293 g/mol. The van der Waals surface area contributed by atoms with Crippen LogP contribution in [-0.4, -0.2) is 43.5 Å². The molecule has 0 spiro atoms. The van der Waals surface area contributed by atoms with Crippen molar-refractivity contribution < 1.29 is 9.18 Å². The third-order valence-corrected chi connectivity index (χ3v) is 3.93. The second-order valence-corrected chi connectivity index (χ2v) is 5.36. The van der Waals surface area contributed by atoms with E-state index in [0.29, 0.717) is 13.1 Å². The molecule has 0 atom stereocenters. The summed E-state index contributed by atoms with van der Waals surface area (Å²) in [5, 5.41) is 3.20. The summed E-state index contributed by atoms with van der Waals surface area (Å²) in [5.74, 6) is -0.0508. The molecule has 1 N–H and O–H groups in total. The number of rotatable bonds is 4. The Morgan fingerprint density at radius 3 is 2.81 bits per heavy atom. The van der Waals surface area contributed by atoms with Crippen LogP contribution in [0.25, 0.3) is 0 Å². The van der Waals surface area contributed by atoms with Crippen LogP contribution in [0.3, 0.4) is 0 Å². The molecule has 0 aromatic heterocycles. The highest BCUT2D eigenvalue weighted by atomic mass is 19.1. The zero-order valence-electron chi connectivity index (χ0n) is 12.9. The van der Waals surface area contributed by atoms with Crippen LogP contribution in [0.4, 0.5) is 10.1 Å². The zero-order chi connectivity index (χ0) is 15.2. The van der Waals surface area contributed by atoms with Gasteiger partial charge in [-0.3, -0.25) is 4.79 Å². The van der Waals surface area contributed by atoms with Crippen LogP contribution in [-0.2, 0) is 11.3 Å². The second kappa shape index (κ2) is 7.41.